The number of ether oxygens (including phenoxy) is 1. The average Bonchev–Trinajstić information content (AvgIpc) is 2.90. The number of hydrogen-bond donors (Lipinski definition) is 2. The van der Waals surface area contributed by atoms with E-state index in [0.29, 0.717) is 42.6 Å². The van der Waals surface area contributed by atoms with Crippen LogP contribution in [0.3, 0.4) is 0 Å². The number of nitrogens with one attached hydrogen (secondary N) is 2. The molecule has 0 bridgehead atoms. The molecule has 1 heterocycles. The number of amides is 3. The Kier molecular flexibility index (Phi) is 9.20. The van der Waals surface area contributed by atoms with Gasteiger partial charge in [-0.05, 0) is 55.3 Å². The molecule has 38 heavy (non-hydrogen) atoms. The number of urea groups is 1. The van der Waals surface area contributed by atoms with E-state index in [4.69, 9.17) is 16.3 Å². The van der Waals surface area contributed by atoms with Gasteiger partial charge in [0.25, 0.3) is 5.91 Å². The van der Waals surface area contributed by atoms with Crippen LogP contribution in [0.15, 0.2) is 72.8 Å². The Morgan fingerprint density at radius 3 is 2.45 bits per heavy atom. The lowest BCUT2D eigenvalue weighted by Gasteiger charge is -2.44. The summed E-state index contributed by atoms with van der Waals surface area (Å²) in [6.45, 7) is 6.22. The summed E-state index contributed by atoms with van der Waals surface area (Å²) >= 11 is 6.15. The largest absolute Gasteiger partial charge is 0.482 e. The fourth-order valence-corrected chi connectivity index (χ4v) is 4.66. The number of rotatable bonds is 8. The average molecular weight is 539 g/mol. The number of anilines is 1. The van der Waals surface area contributed by atoms with E-state index >= 15 is 0 Å². The van der Waals surface area contributed by atoms with Gasteiger partial charge in [-0.1, -0.05) is 54.1 Å². The lowest BCUT2D eigenvalue weighted by molar-refractivity contribution is -0.139. The van der Waals surface area contributed by atoms with Crippen LogP contribution in [-0.4, -0.2) is 53.5 Å². The van der Waals surface area contributed by atoms with Gasteiger partial charge in [0.2, 0.25) is 0 Å². The molecule has 2 atom stereocenters. The van der Waals surface area contributed by atoms with Gasteiger partial charge in [-0.2, -0.15) is 0 Å². The highest BCUT2D eigenvalue weighted by Gasteiger charge is 2.32. The van der Waals surface area contributed by atoms with Crippen molar-refractivity contribution in [1.29, 1.82) is 0 Å². The lowest BCUT2D eigenvalue weighted by Crippen LogP contribution is -2.58. The van der Waals surface area contributed by atoms with Gasteiger partial charge in [0.15, 0.2) is 6.61 Å². The highest BCUT2D eigenvalue weighted by atomic mass is 35.5. The smallest absolute Gasteiger partial charge is 0.319 e. The molecule has 4 rings (SSSR count). The predicted molar refractivity (Wildman–Crippen MR) is 147 cm³/mol. The van der Waals surface area contributed by atoms with Gasteiger partial charge in [0, 0.05) is 43.3 Å². The SMILES string of the molecule is CC1CN(C(=O)COc2ccc(Cl)cc2NC(=O)NCc2ccccc2)C(C)CN1Cc1ccc(F)cc1. The summed E-state index contributed by atoms with van der Waals surface area (Å²) in [5.41, 5.74) is 2.38. The number of piperazine rings is 1. The normalized spacial score (nSPS) is 17.6. The minimum Gasteiger partial charge on any atom is -0.482 e. The van der Waals surface area contributed by atoms with Crippen LogP contribution in [0, 0.1) is 5.82 Å². The molecule has 9 heteroatoms. The number of nitrogens with zero attached hydrogens (tertiary/aromatic N) is 2. The molecule has 1 fully saturated rings. The van der Waals surface area contributed by atoms with Crippen molar-refractivity contribution < 1.29 is 18.7 Å². The Labute approximate surface area is 227 Å². The van der Waals surface area contributed by atoms with Crippen LogP contribution in [0.2, 0.25) is 5.02 Å². The summed E-state index contributed by atoms with van der Waals surface area (Å²) in [4.78, 5) is 29.7. The first kappa shape index (κ1) is 27.4. The zero-order valence-corrected chi connectivity index (χ0v) is 22.2. The fourth-order valence-electron chi connectivity index (χ4n) is 4.48. The van der Waals surface area contributed by atoms with E-state index in [-0.39, 0.29) is 30.4 Å². The Balaban J connectivity index is 1.32. The molecule has 1 saturated heterocycles. The monoisotopic (exact) mass is 538 g/mol. The van der Waals surface area contributed by atoms with Gasteiger partial charge in [-0.3, -0.25) is 9.69 Å². The third-order valence-corrected chi connectivity index (χ3v) is 6.81. The van der Waals surface area contributed by atoms with E-state index in [2.05, 4.69) is 22.5 Å². The summed E-state index contributed by atoms with van der Waals surface area (Å²) in [7, 11) is 0. The molecule has 0 saturated carbocycles. The molecule has 1 aliphatic heterocycles. The van der Waals surface area contributed by atoms with Gasteiger partial charge in [0.05, 0.1) is 5.69 Å². The molecule has 0 aliphatic carbocycles. The molecule has 3 aromatic rings. The first-order valence-corrected chi connectivity index (χ1v) is 13.0. The Hall–Kier alpha value is -3.62. The maximum atomic E-state index is 13.2. The molecule has 2 unspecified atom stereocenters. The molecule has 0 radical (unpaired) electrons. The van der Waals surface area contributed by atoms with Gasteiger partial charge >= 0.3 is 6.03 Å². The first-order chi connectivity index (χ1) is 18.3. The van der Waals surface area contributed by atoms with Crippen molar-refractivity contribution >= 4 is 29.2 Å². The van der Waals surface area contributed by atoms with Gasteiger partial charge in [0.1, 0.15) is 11.6 Å². The number of benzene rings is 3. The summed E-state index contributed by atoms with van der Waals surface area (Å²) in [6, 6.07) is 20.6. The second-order valence-electron chi connectivity index (χ2n) is 9.52. The molecule has 3 amide bonds. The number of carbonyl (C=O) groups excluding carboxylic acids is 2. The number of carbonyl (C=O) groups is 2. The maximum Gasteiger partial charge on any atom is 0.319 e. The number of halogens is 2. The second kappa shape index (κ2) is 12.8. The van der Waals surface area contributed by atoms with Crippen molar-refractivity contribution in [1.82, 2.24) is 15.1 Å². The topological polar surface area (TPSA) is 73.9 Å². The van der Waals surface area contributed by atoms with E-state index in [9.17, 15) is 14.0 Å². The molecule has 2 N–H and O–H groups in total. The molecular weight excluding hydrogens is 507 g/mol. The van der Waals surface area contributed by atoms with Crippen LogP contribution in [0.4, 0.5) is 14.9 Å². The lowest BCUT2D eigenvalue weighted by atomic mass is 10.1. The molecule has 3 aromatic carbocycles. The van der Waals surface area contributed by atoms with Crippen LogP contribution in [0.5, 0.6) is 5.75 Å². The maximum absolute atomic E-state index is 13.2. The first-order valence-electron chi connectivity index (χ1n) is 12.6. The Morgan fingerprint density at radius 2 is 1.71 bits per heavy atom. The van der Waals surface area contributed by atoms with Crippen LogP contribution in [-0.2, 0) is 17.9 Å². The fraction of sp³-hybridized carbons (Fsp3) is 0.310. The highest BCUT2D eigenvalue weighted by molar-refractivity contribution is 6.31. The Bertz CT molecular complexity index is 1240. The van der Waals surface area contributed by atoms with E-state index in [1.165, 1.54) is 12.1 Å². The van der Waals surface area contributed by atoms with Crippen molar-refractivity contribution in [2.75, 3.05) is 25.0 Å². The molecule has 0 spiro atoms. The van der Waals surface area contributed by atoms with Gasteiger partial charge in [-0.25, -0.2) is 9.18 Å². The predicted octanol–water partition coefficient (Wildman–Crippen LogP) is 5.30. The number of hydrogen-bond acceptors (Lipinski definition) is 4. The third-order valence-electron chi connectivity index (χ3n) is 6.57. The summed E-state index contributed by atoms with van der Waals surface area (Å²) in [5, 5.41) is 5.99. The second-order valence-corrected chi connectivity index (χ2v) is 9.96. The zero-order valence-electron chi connectivity index (χ0n) is 21.5. The van der Waals surface area contributed by atoms with Gasteiger partial charge in [-0.15, -0.1) is 0 Å². The minimum atomic E-state index is -0.410. The highest BCUT2D eigenvalue weighted by Crippen LogP contribution is 2.28. The molecule has 7 nitrogen and oxygen atoms in total. The van der Waals surface area contributed by atoms with E-state index in [0.717, 1.165) is 11.1 Å². The minimum absolute atomic E-state index is 0.0191. The molecule has 0 aromatic heterocycles. The van der Waals surface area contributed by atoms with E-state index in [1.54, 1.807) is 30.3 Å². The zero-order chi connectivity index (χ0) is 27.1. The molecule has 1 aliphatic rings. The summed E-state index contributed by atoms with van der Waals surface area (Å²) in [5.74, 6) is -0.0362. The summed E-state index contributed by atoms with van der Waals surface area (Å²) < 4.78 is 19.1. The standard InChI is InChI=1S/C29H32ClFN4O3/c1-20-17-35(21(2)16-34(20)18-23-8-11-25(31)12-9-23)28(36)19-38-27-13-10-24(30)14-26(27)33-29(37)32-15-22-6-4-3-5-7-22/h3-14,20-21H,15-19H2,1-2H3,(H2,32,33,37). The van der Waals surface area contributed by atoms with Crippen LogP contribution < -0.4 is 15.4 Å². The van der Waals surface area contributed by atoms with E-state index in [1.807, 2.05) is 42.2 Å². The third kappa shape index (κ3) is 7.46. The van der Waals surface area contributed by atoms with Crippen molar-refractivity contribution in [3.05, 3.63) is 94.8 Å². The van der Waals surface area contributed by atoms with Crippen LogP contribution >= 0.6 is 11.6 Å². The van der Waals surface area contributed by atoms with E-state index < -0.39 is 6.03 Å². The van der Waals surface area contributed by atoms with Crippen molar-refractivity contribution in [2.45, 2.75) is 39.0 Å². The molecular formula is C29H32ClFN4O3. The van der Waals surface area contributed by atoms with Crippen molar-refractivity contribution in [3.8, 4) is 5.75 Å². The van der Waals surface area contributed by atoms with Crippen molar-refractivity contribution in [3.63, 3.8) is 0 Å². The van der Waals surface area contributed by atoms with Gasteiger partial charge < -0.3 is 20.3 Å². The Morgan fingerprint density at radius 1 is 0.974 bits per heavy atom. The van der Waals surface area contributed by atoms with Crippen LogP contribution in [0.25, 0.3) is 0 Å². The quantitative estimate of drug-likeness (QED) is 0.408. The van der Waals surface area contributed by atoms with Crippen molar-refractivity contribution in [2.24, 2.45) is 0 Å². The molecule has 200 valence electrons. The van der Waals surface area contributed by atoms with Crippen LogP contribution in [0.1, 0.15) is 25.0 Å². The summed E-state index contributed by atoms with van der Waals surface area (Å²) in [6.07, 6.45) is 0.